The van der Waals surface area contributed by atoms with Gasteiger partial charge in [-0.25, -0.2) is 0 Å². The number of rotatable bonds is 5. The number of hydrogen-bond donors (Lipinski definition) is 1. The van der Waals surface area contributed by atoms with Crippen LogP contribution in [0.3, 0.4) is 0 Å². The van der Waals surface area contributed by atoms with Crippen LogP contribution in [0.1, 0.15) is 28.5 Å². The highest BCUT2D eigenvalue weighted by molar-refractivity contribution is 7.09. The number of methoxy groups -OCH3 is 1. The van der Waals surface area contributed by atoms with Gasteiger partial charge in [0.25, 0.3) is 0 Å². The molecule has 0 fully saturated rings. The summed E-state index contributed by atoms with van der Waals surface area (Å²) in [5, 5.41) is 12.2. The van der Waals surface area contributed by atoms with Gasteiger partial charge in [0.2, 0.25) is 0 Å². The van der Waals surface area contributed by atoms with Crippen molar-refractivity contribution < 1.29 is 9.84 Å². The van der Waals surface area contributed by atoms with Crippen molar-refractivity contribution in [2.75, 3.05) is 7.11 Å². The van der Waals surface area contributed by atoms with Gasteiger partial charge in [-0.2, -0.15) is 0 Å². The minimum atomic E-state index is -0.429. The third-order valence-electron chi connectivity index (χ3n) is 3.06. The third-order valence-corrected chi connectivity index (χ3v) is 4.00. The van der Waals surface area contributed by atoms with Gasteiger partial charge in [-0.15, -0.1) is 11.3 Å². The number of aliphatic hydroxyl groups excluding tert-OH is 1. The average molecular weight is 262 g/mol. The first-order valence-corrected chi connectivity index (χ1v) is 6.93. The van der Waals surface area contributed by atoms with E-state index in [9.17, 15) is 5.11 Å². The molecular weight excluding hydrogens is 244 g/mol. The molecule has 2 nitrogen and oxygen atoms in total. The van der Waals surface area contributed by atoms with Crippen molar-refractivity contribution in [3.8, 4) is 5.75 Å². The van der Waals surface area contributed by atoms with Gasteiger partial charge < -0.3 is 9.84 Å². The predicted molar refractivity (Wildman–Crippen MR) is 75.3 cm³/mol. The molecule has 0 radical (unpaired) electrons. The van der Waals surface area contributed by atoms with Crippen LogP contribution in [0, 0.1) is 6.92 Å². The van der Waals surface area contributed by atoms with E-state index in [1.54, 1.807) is 18.4 Å². The second-order valence-corrected chi connectivity index (χ2v) is 5.40. The van der Waals surface area contributed by atoms with Crippen LogP contribution in [0.5, 0.6) is 5.75 Å². The third kappa shape index (κ3) is 3.12. The lowest BCUT2D eigenvalue weighted by molar-refractivity contribution is 0.167. The molecule has 1 atom stereocenters. The fourth-order valence-corrected chi connectivity index (χ4v) is 2.67. The van der Waals surface area contributed by atoms with Gasteiger partial charge in [0, 0.05) is 4.88 Å². The molecule has 0 aliphatic carbocycles. The maximum Gasteiger partial charge on any atom is 0.122 e. The Labute approximate surface area is 112 Å². The van der Waals surface area contributed by atoms with Crippen LogP contribution in [-0.4, -0.2) is 12.2 Å². The van der Waals surface area contributed by atoms with Crippen LogP contribution in [0.25, 0.3) is 0 Å². The Bertz CT molecular complexity index is 491. The van der Waals surface area contributed by atoms with E-state index >= 15 is 0 Å². The summed E-state index contributed by atoms with van der Waals surface area (Å²) in [4.78, 5) is 1.31. The van der Waals surface area contributed by atoms with Crippen molar-refractivity contribution in [3.63, 3.8) is 0 Å². The van der Waals surface area contributed by atoms with Crippen LogP contribution in [0.15, 0.2) is 35.7 Å². The molecule has 0 bridgehead atoms. The minimum absolute atomic E-state index is 0.429. The van der Waals surface area contributed by atoms with Gasteiger partial charge in [0.15, 0.2) is 0 Å². The lowest BCUT2D eigenvalue weighted by Crippen LogP contribution is -2.00. The largest absolute Gasteiger partial charge is 0.496 e. The molecule has 0 saturated carbocycles. The summed E-state index contributed by atoms with van der Waals surface area (Å²) >= 11 is 1.73. The summed E-state index contributed by atoms with van der Waals surface area (Å²) in [5.41, 5.74) is 2.01. The lowest BCUT2D eigenvalue weighted by Gasteiger charge is -2.13. The molecule has 1 heterocycles. The molecule has 1 N–H and O–H groups in total. The first-order chi connectivity index (χ1) is 8.70. The smallest absolute Gasteiger partial charge is 0.122 e. The summed E-state index contributed by atoms with van der Waals surface area (Å²) in [6.07, 6.45) is 1.23. The van der Waals surface area contributed by atoms with Crippen LogP contribution in [-0.2, 0) is 6.42 Å². The molecule has 0 saturated heterocycles. The number of thiophene rings is 1. The molecule has 18 heavy (non-hydrogen) atoms. The van der Waals surface area contributed by atoms with E-state index in [0.29, 0.717) is 0 Å². The molecular formula is C15H18O2S. The molecule has 0 aliphatic heterocycles. The maximum absolute atomic E-state index is 10.2. The Hall–Kier alpha value is -1.32. The molecule has 2 rings (SSSR count). The van der Waals surface area contributed by atoms with Crippen LogP contribution >= 0.6 is 11.3 Å². The monoisotopic (exact) mass is 262 g/mol. The van der Waals surface area contributed by atoms with Crippen molar-refractivity contribution in [1.29, 1.82) is 0 Å². The predicted octanol–water partition coefficient (Wildman–Crippen LogP) is 3.73. The Morgan fingerprint density at radius 1 is 1.33 bits per heavy atom. The van der Waals surface area contributed by atoms with Gasteiger partial charge in [-0.3, -0.25) is 0 Å². The topological polar surface area (TPSA) is 29.5 Å². The van der Waals surface area contributed by atoms with Gasteiger partial charge in [-0.1, -0.05) is 18.2 Å². The van der Waals surface area contributed by atoms with E-state index in [-0.39, 0.29) is 0 Å². The summed E-state index contributed by atoms with van der Waals surface area (Å²) in [5.74, 6) is 0.836. The first kappa shape index (κ1) is 13.1. The molecule has 1 aromatic heterocycles. The molecule has 96 valence electrons. The summed E-state index contributed by atoms with van der Waals surface area (Å²) < 4.78 is 5.28. The highest BCUT2D eigenvalue weighted by atomic mass is 32.1. The highest BCUT2D eigenvalue weighted by Crippen LogP contribution is 2.26. The zero-order valence-electron chi connectivity index (χ0n) is 10.7. The number of hydrogen-bond acceptors (Lipinski definition) is 3. The van der Waals surface area contributed by atoms with E-state index in [4.69, 9.17) is 4.74 Å². The standard InChI is InChI=1S/C15H18O2S/c1-11-5-6-12(10-15(11)17-2)14(16)8-7-13-4-3-9-18-13/h3-6,9-10,14,16H,7-8H2,1-2H3. The van der Waals surface area contributed by atoms with Crippen LogP contribution in [0.2, 0.25) is 0 Å². The van der Waals surface area contributed by atoms with Gasteiger partial charge in [0.1, 0.15) is 5.75 Å². The molecule has 2 aromatic rings. The van der Waals surface area contributed by atoms with Crippen molar-refractivity contribution in [1.82, 2.24) is 0 Å². The van der Waals surface area contributed by atoms with E-state index in [0.717, 1.165) is 29.7 Å². The number of ether oxygens (including phenoxy) is 1. The van der Waals surface area contributed by atoms with Crippen LogP contribution < -0.4 is 4.74 Å². The van der Waals surface area contributed by atoms with E-state index in [1.165, 1.54) is 4.88 Å². The van der Waals surface area contributed by atoms with Gasteiger partial charge in [-0.05, 0) is 48.4 Å². The molecule has 1 unspecified atom stereocenters. The SMILES string of the molecule is COc1cc(C(O)CCc2cccs2)ccc1C. The normalized spacial score (nSPS) is 12.4. The van der Waals surface area contributed by atoms with Crippen molar-refractivity contribution in [2.45, 2.75) is 25.9 Å². The maximum atomic E-state index is 10.2. The molecule has 1 aromatic carbocycles. The second kappa shape index (κ2) is 6.03. The Kier molecular flexibility index (Phi) is 4.39. The van der Waals surface area contributed by atoms with Crippen LogP contribution in [0.4, 0.5) is 0 Å². The Balaban J connectivity index is 2.02. The van der Waals surface area contributed by atoms with E-state index in [1.807, 2.05) is 31.2 Å². The number of aliphatic hydroxyl groups is 1. The van der Waals surface area contributed by atoms with Gasteiger partial charge in [0.05, 0.1) is 13.2 Å². The van der Waals surface area contributed by atoms with E-state index < -0.39 is 6.10 Å². The molecule has 0 amide bonds. The lowest BCUT2D eigenvalue weighted by atomic mass is 10.0. The zero-order valence-corrected chi connectivity index (χ0v) is 11.5. The Morgan fingerprint density at radius 2 is 2.17 bits per heavy atom. The quantitative estimate of drug-likeness (QED) is 0.889. The van der Waals surface area contributed by atoms with Crippen molar-refractivity contribution in [2.24, 2.45) is 0 Å². The zero-order chi connectivity index (χ0) is 13.0. The first-order valence-electron chi connectivity index (χ1n) is 6.05. The fraction of sp³-hybridized carbons (Fsp3) is 0.333. The molecule has 3 heteroatoms. The van der Waals surface area contributed by atoms with Crippen molar-refractivity contribution in [3.05, 3.63) is 51.7 Å². The van der Waals surface area contributed by atoms with E-state index in [2.05, 4.69) is 11.4 Å². The average Bonchev–Trinajstić information content (AvgIpc) is 2.89. The molecule has 0 aliphatic rings. The summed E-state index contributed by atoms with van der Waals surface area (Å²) in [6.45, 7) is 2.00. The number of benzene rings is 1. The minimum Gasteiger partial charge on any atom is -0.496 e. The van der Waals surface area contributed by atoms with Crippen molar-refractivity contribution >= 4 is 11.3 Å². The second-order valence-electron chi connectivity index (χ2n) is 4.36. The fourth-order valence-electron chi connectivity index (χ4n) is 1.94. The number of aryl methyl sites for hydroxylation is 2. The Morgan fingerprint density at radius 3 is 2.83 bits per heavy atom. The summed E-state index contributed by atoms with van der Waals surface area (Å²) in [7, 11) is 1.66. The van der Waals surface area contributed by atoms with Gasteiger partial charge >= 0.3 is 0 Å². The summed E-state index contributed by atoms with van der Waals surface area (Å²) in [6, 6.07) is 10.0. The highest BCUT2D eigenvalue weighted by Gasteiger charge is 2.10. The molecule has 0 spiro atoms.